The topological polar surface area (TPSA) is 43.4 Å². The van der Waals surface area contributed by atoms with Crippen LogP contribution in [-0.2, 0) is 14.1 Å². The fourth-order valence-corrected chi connectivity index (χ4v) is 6.45. The molecule has 0 heterocycles. The third-order valence-electron chi connectivity index (χ3n) is 9.15. The largest absolute Gasteiger partial charge is 0.549 e. The second-order valence-corrected chi connectivity index (χ2v) is 15.1. The number of likely N-dealkylation sites (N-methyl/N-ethyl adjacent to an activating group) is 1. The van der Waals surface area contributed by atoms with E-state index in [1.165, 1.54) is 154 Å². The first-order valence-electron chi connectivity index (χ1n) is 19.5. The van der Waals surface area contributed by atoms with E-state index in [4.69, 9.17) is 4.52 Å². The Hall–Kier alpha value is -0.310. The first-order chi connectivity index (χ1) is 21.3. The number of ketones is 2. The van der Waals surface area contributed by atoms with Crippen LogP contribution < -0.4 is 0 Å². The molecule has 0 aliphatic rings. The summed E-state index contributed by atoms with van der Waals surface area (Å²) in [6, 6.07) is 0. The summed E-state index contributed by atoms with van der Waals surface area (Å²) in [5.74, 6) is 0.728. The van der Waals surface area contributed by atoms with Crippen LogP contribution in [0.2, 0.25) is 0 Å². The van der Waals surface area contributed by atoms with E-state index in [1.54, 1.807) is 0 Å². The van der Waals surface area contributed by atoms with Crippen molar-refractivity contribution in [1.29, 1.82) is 0 Å². The molecule has 0 radical (unpaired) electrons. The first-order valence-corrected chi connectivity index (χ1v) is 19.9. The zero-order chi connectivity index (χ0) is 32.6. The van der Waals surface area contributed by atoms with E-state index in [2.05, 4.69) is 37.5 Å². The molecule has 44 heavy (non-hydrogen) atoms. The normalized spacial score (nSPS) is 12.6. The molecule has 0 aliphatic heterocycles. The number of unbranched alkanes of at least 4 members (excludes halogenated alkanes) is 26. The van der Waals surface area contributed by atoms with E-state index in [1.807, 2.05) is 0 Å². The van der Waals surface area contributed by atoms with E-state index in [-0.39, 0.29) is 11.9 Å². The Labute approximate surface area is 278 Å². The number of quaternary nitrogens is 1. The maximum absolute atomic E-state index is 12.3. The van der Waals surface area contributed by atoms with Crippen molar-refractivity contribution >= 4 is 21.0 Å². The number of nitrogens with zero attached hydrogens (tertiary/aromatic N) is 1. The number of carbonyl (C=O) groups excluding carboxylic acids is 2. The highest BCUT2D eigenvalue weighted by molar-refractivity contribution is 7.09. The molecule has 0 spiro atoms. The van der Waals surface area contributed by atoms with Crippen molar-refractivity contribution in [2.45, 2.75) is 212 Å². The number of carbonyl (C=O) groups is 2. The smallest absolute Gasteiger partial charge is 0.164 e. The number of rotatable bonds is 36. The Kier molecular flexibility index (Phi) is 32.4. The van der Waals surface area contributed by atoms with Gasteiger partial charge in [-0.15, -0.1) is 0 Å². The maximum atomic E-state index is 12.3. The van der Waals surface area contributed by atoms with Gasteiger partial charge in [0.1, 0.15) is 18.4 Å². The Bertz CT molecular complexity index is 633. The summed E-state index contributed by atoms with van der Waals surface area (Å²) in [6.07, 6.45) is 38.9. The van der Waals surface area contributed by atoms with E-state index >= 15 is 0 Å². The van der Waals surface area contributed by atoms with Crippen LogP contribution in [0.5, 0.6) is 0 Å². The fraction of sp³-hybridized carbons (Fsp3) is 0.949. The molecule has 262 valence electrons. The third-order valence-corrected chi connectivity index (χ3v) is 9.44. The summed E-state index contributed by atoms with van der Waals surface area (Å²) in [5.41, 5.74) is 0. The van der Waals surface area contributed by atoms with Gasteiger partial charge in [0.2, 0.25) is 0 Å². The zero-order valence-corrected chi connectivity index (χ0v) is 31.4. The van der Waals surface area contributed by atoms with E-state index in [0.717, 1.165) is 43.0 Å². The van der Waals surface area contributed by atoms with Crippen molar-refractivity contribution in [2.24, 2.45) is 0 Å². The van der Waals surface area contributed by atoms with Gasteiger partial charge in [-0.1, -0.05) is 167 Å². The summed E-state index contributed by atoms with van der Waals surface area (Å²) in [5, 5.41) is 0. The number of hydrogen-bond acceptors (Lipinski definition) is 3. The van der Waals surface area contributed by atoms with E-state index < -0.39 is 0 Å². The van der Waals surface area contributed by atoms with Crippen molar-refractivity contribution in [3.8, 4) is 0 Å². The van der Waals surface area contributed by atoms with Crippen LogP contribution in [0, 0.1) is 0 Å². The van der Waals surface area contributed by atoms with Crippen molar-refractivity contribution in [2.75, 3.05) is 27.7 Å². The van der Waals surface area contributed by atoms with Gasteiger partial charge in [0, 0.05) is 19.3 Å². The van der Waals surface area contributed by atoms with Crippen LogP contribution >= 0.6 is 9.47 Å². The molecule has 0 aromatic carbocycles. The van der Waals surface area contributed by atoms with Gasteiger partial charge in [-0.25, -0.2) is 0 Å². The SMILES string of the molecule is CCCCCCCCCCCCCCCC(=O)CCCCCCCCCCCCCCCCCC(=O)C(C[N+](C)(C)C)O[PH-]. The van der Waals surface area contributed by atoms with Crippen molar-refractivity contribution in [1.82, 2.24) is 0 Å². The Balaban J connectivity index is 3.30. The molecule has 4 nitrogen and oxygen atoms in total. The van der Waals surface area contributed by atoms with Gasteiger partial charge >= 0.3 is 0 Å². The minimum atomic E-state index is -0.342. The van der Waals surface area contributed by atoms with Gasteiger partial charge in [0.15, 0.2) is 5.78 Å². The van der Waals surface area contributed by atoms with Gasteiger partial charge in [-0.2, -0.15) is 0 Å². The Morgan fingerprint density at radius 2 is 0.750 bits per heavy atom. The van der Waals surface area contributed by atoms with Crippen LogP contribution in [0.1, 0.15) is 206 Å². The van der Waals surface area contributed by atoms with Gasteiger partial charge < -0.3 is 18.5 Å². The van der Waals surface area contributed by atoms with Gasteiger partial charge in [0.05, 0.1) is 21.1 Å². The summed E-state index contributed by atoms with van der Waals surface area (Å²) < 4.78 is 5.97. The van der Waals surface area contributed by atoms with Crippen molar-refractivity contribution in [3.63, 3.8) is 0 Å². The predicted octanol–water partition coefficient (Wildman–Crippen LogP) is 12.4. The molecule has 0 rings (SSSR count). The molecule has 0 aromatic heterocycles. The van der Waals surface area contributed by atoms with Crippen LogP contribution in [0.4, 0.5) is 0 Å². The summed E-state index contributed by atoms with van der Waals surface area (Å²) in [6.45, 7) is 2.98. The predicted molar refractivity (Wildman–Crippen MR) is 195 cm³/mol. The number of hydrogen-bond donors (Lipinski definition) is 0. The fourth-order valence-electron chi connectivity index (χ4n) is 6.25. The molecule has 0 fully saturated rings. The lowest BCUT2D eigenvalue weighted by atomic mass is 10.0. The van der Waals surface area contributed by atoms with Gasteiger partial charge in [0.25, 0.3) is 0 Å². The van der Waals surface area contributed by atoms with Crippen molar-refractivity contribution in [3.05, 3.63) is 0 Å². The lowest BCUT2D eigenvalue weighted by molar-refractivity contribution is -0.872. The molecule has 5 heteroatoms. The highest BCUT2D eigenvalue weighted by atomic mass is 31.0. The Morgan fingerprint density at radius 1 is 0.477 bits per heavy atom. The van der Waals surface area contributed by atoms with Gasteiger partial charge in [-0.3, -0.25) is 9.59 Å². The molecule has 1 unspecified atom stereocenters. The zero-order valence-electron chi connectivity index (χ0n) is 30.4. The second kappa shape index (κ2) is 32.6. The highest BCUT2D eigenvalue weighted by Crippen LogP contribution is 2.17. The van der Waals surface area contributed by atoms with Gasteiger partial charge in [-0.05, 0) is 19.3 Å². The molecule has 0 amide bonds. The summed E-state index contributed by atoms with van der Waals surface area (Å²) >= 11 is 0. The minimum Gasteiger partial charge on any atom is -0.549 e. The van der Waals surface area contributed by atoms with E-state index in [0.29, 0.717) is 18.7 Å². The Morgan fingerprint density at radius 3 is 1.02 bits per heavy atom. The summed E-state index contributed by atoms with van der Waals surface area (Å²) in [7, 11) is 9.34. The monoisotopic (exact) mass is 640 g/mol. The molecule has 0 bridgehead atoms. The average molecular weight is 640 g/mol. The third kappa shape index (κ3) is 33.1. The van der Waals surface area contributed by atoms with Crippen LogP contribution in [0.15, 0.2) is 0 Å². The van der Waals surface area contributed by atoms with Crippen LogP contribution in [0.25, 0.3) is 0 Å². The highest BCUT2D eigenvalue weighted by Gasteiger charge is 2.21. The molecular formula is C39H78NO3P. The molecule has 0 N–H and O–H groups in total. The lowest BCUT2D eigenvalue weighted by Gasteiger charge is -2.30. The average Bonchev–Trinajstić information content (AvgIpc) is 2.99. The first kappa shape index (κ1) is 43.7. The van der Waals surface area contributed by atoms with Crippen LogP contribution in [-0.4, -0.2) is 49.8 Å². The second-order valence-electron chi connectivity index (χ2n) is 14.9. The number of Topliss-reactive ketones (excluding diaryl/α,β-unsaturated/α-hetero) is 2. The standard InChI is InChI=1S/C39H78NO3P/c1-5-6-7-8-9-10-11-15-18-21-24-27-30-33-37(41)34-31-28-25-22-19-16-13-12-14-17-20-23-26-29-32-35-38(42)39(43-44)36-40(2,3)4/h39,44H,5-36H2,1-4H3. The molecule has 0 saturated heterocycles. The quantitative estimate of drug-likeness (QED) is 0.0389. The lowest BCUT2D eigenvalue weighted by Crippen LogP contribution is -2.44. The maximum Gasteiger partial charge on any atom is 0.164 e. The van der Waals surface area contributed by atoms with E-state index in [9.17, 15) is 9.59 Å². The molecule has 0 saturated carbocycles. The molecular weight excluding hydrogens is 561 g/mol. The molecule has 1 atom stereocenters. The summed E-state index contributed by atoms with van der Waals surface area (Å²) in [4.78, 5) is 24.5. The molecule has 0 aromatic rings. The van der Waals surface area contributed by atoms with Crippen molar-refractivity contribution < 1.29 is 18.6 Å². The minimum absolute atomic E-state index is 0.221. The van der Waals surface area contributed by atoms with Crippen LogP contribution in [0.3, 0.4) is 0 Å². The molecule has 0 aliphatic carbocycles.